The van der Waals surface area contributed by atoms with Crippen LogP contribution in [-0.4, -0.2) is 11.0 Å². The molecular weight excluding hydrogens is 332 g/mol. The summed E-state index contributed by atoms with van der Waals surface area (Å²) < 4.78 is 0.745. The molecule has 1 saturated carbocycles. The molecule has 1 aromatic rings. The predicted molar refractivity (Wildman–Crippen MR) is 88.3 cm³/mol. The SMILES string of the molecule is C[C@@H](NCc1ccc(Br)cc1[N+](=O)[O-])C1CCCCCC1. The lowest BCUT2D eigenvalue weighted by atomic mass is 9.93. The fourth-order valence-corrected chi connectivity index (χ4v) is 3.45. The van der Waals surface area contributed by atoms with Crippen molar-refractivity contribution in [2.45, 2.75) is 58.0 Å². The number of rotatable bonds is 5. The molecule has 1 fully saturated rings. The summed E-state index contributed by atoms with van der Waals surface area (Å²) in [6.45, 7) is 2.77. The van der Waals surface area contributed by atoms with E-state index < -0.39 is 0 Å². The van der Waals surface area contributed by atoms with Gasteiger partial charge in [-0.2, -0.15) is 0 Å². The number of nitrogens with one attached hydrogen (secondary N) is 1. The number of halogens is 1. The van der Waals surface area contributed by atoms with Crippen molar-refractivity contribution in [3.05, 3.63) is 38.3 Å². The minimum absolute atomic E-state index is 0.185. The molecule has 0 saturated heterocycles. The molecule has 0 heterocycles. The predicted octanol–water partition coefficient (Wildman–Crippen LogP) is 4.81. The van der Waals surface area contributed by atoms with Gasteiger partial charge in [0.2, 0.25) is 0 Å². The minimum Gasteiger partial charge on any atom is -0.310 e. The summed E-state index contributed by atoms with van der Waals surface area (Å²) in [5.74, 6) is 0.696. The lowest BCUT2D eigenvalue weighted by Crippen LogP contribution is -2.33. The van der Waals surface area contributed by atoms with Gasteiger partial charge in [0.25, 0.3) is 5.69 Å². The largest absolute Gasteiger partial charge is 0.310 e. The summed E-state index contributed by atoms with van der Waals surface area (Å²) in [6, 6.07) is 5.68. The first-order valence-corrected chi connectivity index (χ1v) is 8.53. The van der Waals surface area contributed by atoms with Gasteiger partial charge in [0.15, 0.2) is 0 Å². The van der Waals surface area contributed by atoms with Crippen molar-refractivity contribution in [3.8, 4) is 0 Å². The van der Waals surface area contributed by atoms with Crippen molar-refractivity contribution in [1.29, 1.82) is 0 Å². The highest BCUT2D eigenvalue weighted by molar-refractivity contribution is 9.10. The summed E-state index contributed by atoms with van der Waals surface area (Å²) in [4.78, 5) is 10.8. The summed E-state index contributed by atoms with van der Waals surface area (Å²) in [7, 11) is 0. The lowest BCUT2D eigenvalue weighted by Gasteiger charge is -2.23. The molecule has 21 heavy (non-hydrogen) atoms. The van der Waals surface area contributed by atoms with Crippen molar-refractivity contribution >= 4 is 21.6 Å². The third kappa shape index (κ3) is 4.78. The van der Waals surface area contributed by atoms with Gasteiger partial charge >= 0.3 is 0 Å². The molecule has 0 unspecified atom stereocenters. The van der Waals surface area contributed by atoms with Crippen molar-refractivity contribution < 1.29 is 4.92 Å². The zero-order valence-corrected chi connectivity index (χ0v) is 14.1. The van der Waals surface area contributed by atoms with Gasteiger partial charge in [0.05, 0.1) is 4.92 Å². The highest BCUT2D eigenvalue weighted by Gasteiger charge is 2.20. The van der Waals surface area contributed by atoms with Crippen LogP contribution in [0, 0.1) is 16.0 Å². The Kier molecular flexibility index (Phi) is 6.18. The fraction of sp³-hybridized carbons (Fsp3) is 0.625. The van der Waals surface area contributed by atoms with Crippen LogP contribution in [0.3, 0.4) is 0 Å². The molecule has 116 valence electrons. The van der Waals surface area contributed by atoms with E-state index in [9.17, 15) is 10.1 Å². The Labute approximate surface area is 134 Å². The minimum atomic E-state index is -0.307. The molecular formula is C16H23BrN2O2. The molecule has 1 aromatic carbocycles. The Morgan fingerprint density at radius 1 is 1.33 bits per heavy atom. The first kappa shape index (κ1) is 16.4. The number of benzene rings is 1. The van der Waals surface area contributed by atoms with Crippen LogP contribution >= 0.6 is 15.9 Å². The van der Waals surface area contributed by atoms with Crippen LogP contribution in [0.1, 0.15) is 51.0 Å². The van der Waals surface area contributed by atoms with Gasteiger partial charge in [-0.15, -0.1) is 0 Å². The average Bonchev–Trinajstić information content (AvgIpc) is 2.74. The lowest BCUT2D eigenvalue weighted by molar-refractivity contribution is -0.385. The van der Waals surface area contributed by atoms with Crippen LogP contribution in [-0.2, 0) is 6.54 Å². The van der Waals surface area contributed by atoms with E-state index in [2.05, 4.69) is 28.2 Å². The number of nitrogens with zero attached hydrogens (tertiary/aromatic N) is 1. The van der Waals surface area contributed by atoms with Crippen molar-refractivity contribution in [2.24, 2.45) is 5.92 Å². The average molecular weight is 355 g/mol. The van der Waals surface area contributed by atoms with E-state index in [1.54, 1.807) is 6.07 Å². The molecule has 2 rings (SSSR count). The van der Waals surface area contributed by atoms with Crippen LogP contribution in [0.4, 0.5) is 5.69 Å². The highest BCUT2D eigenvalue weighted by Crippen LogP contribution is 2.27. The monoisotopic (exact) mass is 354 g/mol. The van der Waals surface area contributed by atoms with E-state index in [0.717, 1.165) is 10.0 Å². The Balaban J connectivity index is 1.97. The quantitative estimate of drug-likeness (QED) is 0.469. The summed E-state index contributed by atoms with van der Waals surface area (Å²) >= 11 is 3.29. The standard InChI is InChI=1S/C16H23BrN2O2/c1-12(13-6-4-2-3-5-7-13)18-11-14-8-9-15(17)10-16(14)19(20)21/h8-10,12-13,18H,2-7,11H2,1H3/t12-/m1/s1. The smallest absolute Gasteiger partial charge is 0.275 e. The van der Waals surface area contributed by atoms with Gasteiger partial charge in [-0.1, -0.05) is 41.6 Å². The molecule has 1 atom stereocenters. The molecule has 0 radical (unpaired) electrons. The molecule has 0 aromatic heterocycles. The molecule has 1 aliphatic carbocycles. The van der Waals surface area contributed by atoms with Crippen LogP contribution in [0.2, 0.25) is 0 Å². The Bertz CT molecular complexity index is 485. The number of hydrogen-bond acceptors (Lipinski definition) is 3. The molecule has 0 spiro atoms. The normalized spacial score (nSPS) is 18.2. The summed E-state index contributed by atoms with van der Waals surface area (Å²) in [6.07, 6.45) is 7.88. The summed E-state index contributed by atoms with van der Waals surface area (Å²) in [5.41, 5.74) is 0.939. The van der Waals surface area contributed by atoms with Gasteiger partial charge in [-0.3, -0.25) is 10.1 Å². The second kappa shape index (κ2) is 7.90. The van der Waals surface area contributed by atoms with Crippen molar-refractivity contribution in [3.63, 3.8) is 0 Å². The van der Waals surface area contributed by atoms with E-state index in [0.29, 0.717) is 18.5 Å². The van der Waals surface area contributed by atoms with E-state index in [4.69, 9.17) is 0 Å². The molecule has 5 heteroatoms. The molecule has 0 amide bonds. The second-order valence-electron chi connectivity index (χ2n) is 5.95. The first-order chi connectivity index (χ1) is 10.1. The van der Waals surface area contributed by atoms with Crippen LogP contribution < -0.4 is 5.32 Å². The molecule has 1 N–H and O–H groups in total. The topological polar surface area (TPSA) is 55.2 Å². The molecule has 4 nitrogen and oxygen atoms in total. The van der Waals surface area contributed by atoms with Gasteiger partial charge in [-0.25, -0.2) is 0 Å². The molecule has 0 aliphatic heterocycles. The number of nitro groups is 1. The van der Waals surface area contributed by atoms with E-state index in [1.165, 1.54) is 38.5 Å². The van der Waals surface area contributed by atoms with Crippen LogP contribution in [0.15, 0.2) is 22.7 Å². The maximum atomic E-state index is 11.1. The molecule has 1 aliphatic rings. The Morgan fingerprint density at radius 2 is 2.00 bits per heavy atom. The summed E-state index contributed by atoms with van der Waals surface area (Å²) in [5, 5.41) is 14.6. The van der Waals surface area contributed by atoms with Gasteiger partial charge < -0.3 is 5.32 Å². The second-order valence-corrected chi connectivity index (χ2v) is 6.87. The maximum absolute atomic E-state index is 11.1. The zero-order chi connectivity index (χ0) is 15.2. The maximum Gasteiger partial charge on any atom is 0.275 e. The van der Waals surface area contributed by atoms with Gasteiger partial charge in [0.1, 0.15) is 0 Å². The fourth-order valence-electron chi connectivity index (χ4n) is 3.10. The molecule has 0 bridgehead atoms. The van der Waals surface area contributed by atoms with E-state index >= 15 is 0 Å². The first-order valence-electron chi connectivity index (χ1n) is 7.74. The van der Waals surface area contributed by atoms with Crippen molar-refractivity contribution in [1.82, 2.24) is 5.32 Å². The van der Waals surface area contributed by atoms with Crippen LogP contribution in [0.5, 0.6) is 0 Å². The Hall–Kier alpha value is -0.940. The van der Waals surface area contributed by atoms with E-state index in [1.807, 2.05) is 12.1 Å². The third-order valence-corrected chi connectivity index (χ3v) is 4.96. The van der Waals surface area contributed by atoms with Gasteiger partial charge in [0, 0.05) is 28.7 Å². The Morgan fingerprint density at radius 3 is 2.62 bits per heavy atom. The van der Waals surface area contributed by atoms with E-state index in [-0.39, 0.29) is 10.6 Å². The number of hydrogen-bond donors (Lipinski definition) is 1. The highest BCUT2D eigenvalue weighted by atomic mass is 79.9. The van der Waals surface area contributed by atoms with Crippen molar-refractivity contribution in [2.75, 3.05) is 0 Å². The zero-order valence-electron chi connectivity index (χ0n) is 12.5. The number of nitro benzene ring substituents is 1. The van der Waals surface area contributed by atoms with Gasteiger partial charge in [-0.05, 0) is 37.8 Å². The van der Waals surface area contributed by atoms with Crippen LogP contribution in [0.25, 0.3) is 0 Å². The third-order valence-electron chi connectivity index (χ3n) is 4.47.